The van der Waals surface area contributed by atoms with Crippen molar-refractivity contribution in [3.63, 3.8) is 0 Å². The summed E-state index contributed by atoms with van der Waals surface area (Å²) < 4.78 is 29.9. The summed E-state index contributed by atoms with van der Waals surface area (Å²) in [5.41, 5.74) is -0.0556. The molecule has 0 spiro atoms. The third kappa shape index (κ3) is 2.70. The summed E-state index contributed by atoms with van der Waals surface area (Å²) in [5, 5.41) is 8.46. The Bertz CT molecular complexity index is 435. The van der Waals surface area contributed by atoms with Gasteiger partial charge in [-0.25, -0.2) is 0 Å². The third-order valence-corrected chi connectivity index (χ3v) is 2.20. The highest BCUT2D eigenvalue weighted by Crippen LogP contribution is 2.12. The zero-order chi connectivity index (χ0) is 9.19. The van der Waals surface area contributed by atoms with Crippen LogP contribution in [0.2, 0.25) is 0 Å². The Morgan fingerprint density at radius 3 is 2.23 bits per heavy atom. The minimum atomic E-state index is -4.27. The van der Waals surface area contributed by atoms with Crippen LogP contribution in [0.5, 0.6) is 0 Å². The molecule has 1 aromatic carbocycles. The fraction of sp³-hybridized carbons (Fsp3) is 0. The second-order valence-electron chi connectivity index (χ2n) is 2.08. The molecule has 0 amide bonds. The van der Waals surface area contributed by atoms with Gasteiger partial charge in [0.05, 0.1) is 5.56 Å². The van der Waals surface area contributed by atoms with Gasteiger partial charge in [0.15, 0.2) is 0 Å². The lowest BCUT2D eigenvalue weighted by molar-refractivity contribution is 0.483. The minimum Gasteiger partial charge on any atom is -0.282 e. The summed E-state index contributed by atoms with van der Waals surface area (Å²) in [6.45, 7) is 0. The quantitative estimate of drug-likeness (QED) is 0.721. The average molecular weight is 220 g/mol. The molecule has 6 heteroatoms. The zero-order valence-corrected chi connectivity index (χ0v) is 7.97. The Morgan fingerprint density at radius 2 is 1.85 bits per heavy atom. The van der Waals surface area contributed by atoms with Crippen molar-refractivity contribution in [2.24, 2.45) is 0 Å². The summed E-state index contributed by atoms with van der Waals surface area (Å²) in [4.78, 5) is -0.354. The lowest BCUT2D eigenvalue weighted by atomic mass is 10.2. The lowest BCUT2D eigenvalue weighted by Crippen LogP contribution is -2.00. The molecular formula is C7H6ClNO3S. The van der Waals surface area contributed by atoms with Crippen molar-refractivity contribution in [3.05, 3.63) is 29.8 Å². The molecule has 0 saturated carbocycles. The molecular weight excluding hydrogens is 214 g/mol. The summed E-state index contributed by atoms with van der Waals surface area (Å²) >= 11 is 0. The highest BCUT2D eigenvalue weighted by atomic mass is 35.5. The number of nitriles is 1. The highest BCUT2D eigenvalue weighted by Gasteiger charge is 2.13. The smallest absolute Gasteiger partial charge is 0.282 e. The summed E-state index contributed by atoms with van der Waals surface area (Å²) in [7, 11) is -4.27. The van der Waals surface area contributed by atoms with Crippen LogP contribution >= 0.6 is 12.4 Å². The van der Waals surface area contributed by atoms with Gasteiger partial charge in [-0.1, -0.05) is 12.1 Å². The van der Waals surface area contributed by atoms with E-state index in [1.807, 2.05) is 0 Å². The molecule has 0 radical (unpaired) electrons. The molecule has 13 heavy (non-hydrogen) atoms. The first-order valence-corrected chi connectivity index (χ1v) is 4.46. The fourth-order valence-corrected chi connectivity index (χ4v) is 1.43. The van der Waals surface area contributed by atoms with E-state index in [1.165, 1.54) is 24.3 Å². The number of hydrogen-bond acceptors (Lipinski definition) is 3. The second kappa shape index (κ2) is 4.23. The monoisotopic (exact) mass is 219 g/mol. The molecule has 4 nitrogen and oxygen atoms in total. The Hall–Kier alpha value is -1.09. The Kier molecular flexibility index (Phi) is 3.88. The highest BCUT2D eigenvalue weighted by molar-refractivity contribution is 7.85. The standard InChI is InChI=1S/C7H5NO3S.ClH/c8-5-6-3-1-2-4-7(6)12(9,10)11;/h1-4H,(H,9,10,11);1H. The molecule has 0 saturated heterocycles. The molecule has 0 aromatic heterocycles. The van der Waals surface area contributed by atoms with Gasteiger partial charge in [0.2, 0.25) is 0 Å². The van der Waals surface area contributed by atoms with Crippen LogP contribution in [0.3, 0.4) is 0 Å². The number of benzene rings is 1. The molecule has 0 aliphatic heterocycles. The molecule has 1 aromatic rings. The van der Waals surface area contributed by atoms with Crippen molar-refractivity contribution in [2.45, 2.75) is 4.90 Å². The molecule has 0 aliphatic rings. The van der Waals surface area contributed by atoms with E-state index in [2.05, 4.69) is 0 Å². The maximum absolute atomic E-state index is 10.6. The number of halogens is 1. The fourth-order valence-electron chi connectivity index (χ4n) is 0.784. The van der Waals surface area contributed by atoms with Gasteiger partial charge < -0.3 is 0 Å². The van der Waals surface area contributed by atoms with Crippen LogP contribution in [-0.2, 0) is 10.1 Å². The van der Waals surface area contributed by atoms with Gasteiger partial charge >= 0.3 is 0 Å². The molecule has 0 fully saturated rings. The molecule has 1 N–H and O–H groups in total. The molecule has 0 atom stereocenters. The minimum absolute atomic E-state index is 0. The summed E-state index contributed by atoms with van der Waals surface area (Å²) in [6.07, 6.45) is 0. The van der Waals surface area contributed by atoms with Crippen molar-refractivity contribution in [3.8, 4) is 6.07 Å². The van der Waals surface area contributed by atoms with Crippen LogP contribution in [-0.4, -0.2) is 13.0 Å². The molecule has 0 bridgehead atoms. The van der Waals surface area contributed by atoms with Crippen LogP contribution in [0.1, 0.15) is 5.56 Å². The topological polar surface area (TPSA) is 78.2 Å². The van der Waals surface area contributed by atoms with Crippen LogP contribution in [0.15, 0.2) is 29.2 Å². The van der Waals surface area contributed by atoms with Crippen molar-refractivity contribution < 1.29 is 13.0 Å². The SMILES string of the molecule is Cl.N#Cc1ccccc1S(=O)(=O)O. The van der Waals surface area contributed by atoms with E-state index in [0.717, 1.165) is 0 Å². The normalized spacial score (nSPS) is 9.85. The van der Waals surface area contributed by atoms with E-state index in [-0.39, 0.29) is 22.9 Å². The Labute approximate surface area is 82.0 Å². The molecule has 0 unspecified atom stereocenters. The number of nitrogens with zero attached hydrogens (tertiary/aromatic N) is 1. The van der Waals surface area contributed by atoms with Crippen molar-refractivity contribution in [2.75, 3.05) is 0 Å². The van der Waals surface area contributed by atoms with Crippen molar-refractivity contribution in [1.82, 2.24) is 0 Å². The predicted octanol–water partition coefficient (Wildman–Crippen LogP) is 1.23. The first-order chi connectivity index (χ1) is 5.55. The predicted molar refractivity (Wildman–Crippen MR) is 48.2 cm³/mol. The number of rotatable bonds is 1. The second-order valence-corrected chi connectivity index (χ2v) is 3.47. The molecule has 0 aliphatic carbocycles. The van der Waals surface area contributed by atoms with Crippen molar-refractivity contribution in [1.29, 1.82) is 5.26 Å². The van der Waals surface area contributed by atoms with Crippen LogP contribution < -0.4 is 0 Å². The van der Waals surface area contributed by atoms with Crippen LogP contribution in [0, 0.1) is 11.3 Å². The summed E-state index contributed by atoms with van der Waals surface area (Å²) in [6, 6.07) is 7.12. The van der Waals surface area contributed by atoms with Gasteiger partial charge in [-0.2, -0.15) is 13.7 Å². The van der Waals surface area contributed by atoms with E-state index in [0.29, 0.717) is 0 Å². The maximum Gasteiger partial charge on any atom is 0.295 e. The molecule has 70 valence electrons. The van der Waals surface area contributed by atoms with E-state index < -0.39 is 10.1 Å². The van der Waals surface area contributed by atoms with Gasteiger partial charge in [-0.3, -0.25) is 4.55 Å². The van der Waals surface area contributed by atoms with Gasteiger partial charge in [0.25, 0.3) is 10.1 Å². The lowest BCUT2D eigenvalue weighted by Gasteiger charge is -1.97. The average Bonchev–Trinajstić information content (AvgIpc) is 2.03. The van der Waals surface area contributed by atoms with Crippen LogP contribution in [0.4, 0.5) is 0 Å². The van der Waals surface area contributed by atoms with E-state index in [1.54, 1.807) is 6.07 Å². The van der Waals surface area contributed by atoms with E-state index in [9.17, 15) is 8.42 Å². The van der Waals surface area contributed by atoms with Crippen molar-refractivity contribution >= 4 is 22.5 Å². The Balaban J connectivity index is 0.00000144. The first-order valence-electron chi connectivity index (χ1n) is 3.02. The summed E-state index contributed by atoms with van der Waals surface area (Å²) in [5.74, 6) is 0. The number of hydrogen-bond donors (Lipinski definition) is 1. The third-order valence-electron chi connectivity index (χ3n) is 1.29. The van der Waals surface area contributed by atoms with Crippen LogP contribution in [0.25, 0.3) is 0 Å². The first kappa shape index (κ1) is 11.9. The van der Waals surface area contributed by atoms with E-state index >= 15 is 0 Å². The Morgan fingerprint density at radius 1 is 1.31 bits per heavy atom. The molecule has 1 rings (SSSR count). The van der Waals surface area contributed by atoms with Gasteiger partial charge in [-0.05, 0) is 12.1 Å². The van der Waals surface area contributed by atoms with Gasteiger partial charge in [-0.15, -0.1) is 12.4 Å². The van der Waals surface area contributed by atoms with E-state index in [4.69, 9.17) is 9.81 Å². The molecule has 0 heterocycles. The van der Waals surface area contributed by atoms with Gasteiger partial charge in [0, 0.05) is 0 Å². The largest absolute Gasteiger partial charge is 0.295 e. The van der Waals surface area contributed by atoms with Gasteiger partial charge in [0.1, 0.15) is 11.0 Å². The maximum atomic E-state index is 10.6. The zero-order valence-electron chi connectivity index (χ0n) is 6.34.